The Kier molecular flexibility index (Phi) is 5.16. The van der Waals surface area contributed by atoms with Gasteiger partial charge in [0.2, 0.25) is 0 Å². The fraction of sp³-hybridized carbons (Fsp3) is 0.917. The van der Waals surface area contributed by atoms with Gasteiger partial charge in [-0.2, -0.15) is 0 Å². The first kappa shape index (κ1) is 11.7. The van der Waals surface area contributed by atoms with Crippen molar-refractivity contribution in [3.05, 3.63) is 0 Å². The van der Waals surface area contributed by atoms with E-state index in [2.05, 4.69) is 19.2 Å². The monoisotopic (exact) mass is 197 g/mol. The van der Waals surface area contributed by atoms with Crippen LogP contribution in [0.15, 0.2) is 0 Å². The van der Waals surface area contributed by atoms with Crippen LogP contribution >= 0.6 is 0 Å². The minimum Gasteiger partial charge on any atom is -0.308 e. The molecule has 0 aromatic heterocycles. The maximum Gasteiger partial charge on any atom is 0.146 e. The number of hydrogen-bond donors (Lipinski definition) is 1. The highest BCUT2D eigenvalue weighted by molar-refractivity contribution is 5.80. The topological polar surface area (TPSA) is 29.1 Å². The Bertz CT molecular complexity index is 173. The summed E-state index contributed by atoms with van der Waals surface area (Å²) >= 11 is 0. The molecule has 2 heteroatoms. The summed E-state index contributed by atoms with van der Waals surface area (Å²) in [7, 11) is 0. The lowest BCUT2D eigenvalue weighted by Gasteiger charge is -2.12. The molecule has 0 saturated heterocycles. The molecule has 0 aromatic carbocycles. The van der Waals surface area contributed by atoms with E-state index < -0.39 is 0 Å². The maximum atomic E-state index is 11.6. The molecule has 0 bridgehead atoms. The van der Waals surface area contributed by atoms with E-state index in [0.29, 0.717) is 24.3 Å². The third-order valence-electron chi connectivity index (χ3n) is 3.25. The lowest BCUT2D eigenvalue weighted by atomic mass is 10.0. The number of ketones is 1. The summed E-state index contributed by atoms with van der Waals surface area (Å²) in [5.41, 5.74) is 0. The summed E-state index contributed by atoms with van der Waals surface area (Å²) in [5.74, 6) is 1.10. The molecule has 0 aliphatic heterocycles. The van der Waals surface area contributed by atoms with Crippen LogP contribution in [0.4, 0.5) is 0 Å². The van der Waals surface area contributed by atoms with Crippen molar-refractivity contribution in [1.29, 1.82) is 0 Å². The Morgan fingerprint density at radius 3 is 2.64 bits per heavy atom. The lowest BCUT2D eigenvalue weighted by Crippen LogP contribution is -2.31. The van der Waals surface area contributed by atoms with E-state index in [9.17, 15) is 4.79 Å². The van der Waals surface area contributed by atoms with Crippen LogP contribution < -0.4 is 5.32 Å². The van der Waals surface area contributed by atoms with Gasteiger partial charge in [-0.25, -0.2) is 0 Å². The Balaban J connectivity index is 2.09. The van der Waals surface area contributed by atoms with Crippen LogP contribution in [0.25, 0.3) is 0 Å². The summed E-state index contributed by atoms with van der Waals surface area (Å²) in [5, 5.41) is 3.26. The van der Waals surface area contributed by atoms with E-state index in [4.69, 9.17) is 0 Å². The SMILES string of the molecule is CCC(C)NCC(=O)CC1CCCC1. The van der Waals surface area contributed by atoms with E-state index in [1.54, 1.807) is 0 Å². The second-order valence-corrected chi connectivity index (χ2v) is 4.58. The molecular weight excluding hydrogens is 174 g/mol. The highest BCUT2D eigenvalue weighted by atomic mass is 16.1. The second-order valence-electron chi connectivity index (χ2n) is 4.58. The number of carbonyl (C=O) groups excluding carboxylic acids is 1. The van der Waals surface area contributed by atoms with Gasteiger partial charge in [0.25, 0.3) is 0 Å². The average Bonchev–Trinajstić information content (AvgIpc) is 2.66. The van der Waals surface area contributed by atoms with Gasteiger partial charge in [-0.1, -0.05) is 32.6 Å². The van der Waals surface area contributed by atoms with Crippen molar-refractivity contribution >= 4 is 5.78 Å². The van der Waals surface area contributed by atoms with Crippen molar-refractivity contribution in [3.8, 4) is 0 Å². The Labute approximate surface area is 87.5 Å². The smallest absolute Gasteiger partial charge is 0.146 e. The molecule has 1 fully saturated rings. The van der Waals surface area contributed by atoms with Gasteiger partial charge in [0.1, 0.15) is 5.78 Å². The summed E-state index contributed by atoms with van der Waals surface area (Å²) in [6.45, 7) is 4.84. The van der Waals surface area contributed by atoms with E-state index in [0.717, 1.165) is 12.8 Å². The molecule has 0 radical (unpaired) electrons. The third kappa shape index (κ3) is 4.23. The molecule has 0 amide bonds. The molecule has 2 nitrogen and oxygen atoms in total. The van der Waals surface area contributed by atoms with Crippen LogP contribution in [0.3, 0.4) is 0 Å². The van der Waals surface area contributed by atoms with Gasteiger partial charge < -0.3 is 5.32 Å². The zero-order chi connectivity index (χ0) is 10.4. The van der Waals surface area contributed by atoms with Crippen molar-refractivity contribution in [3.63, 3.8) is 0 Å². The van der Waals surface area contributed by atoms with Crippen LogP contribution in [0, 0.1) is 5.92 Å². The summed E-state index contributed by atoms with van der Waals surface area (Å²) < 4.78 is 0. The zero-order valence-corrected chi connectivity index (χ0v) is 9.51. The molecule has 14 heavy (non-hydrogen) atoms. The first-order chi connectivity index (χ1) is 6.72. The molecule has 1 rings (SSSR count). The highest BCUT2D eigenvalue weighted by Gasteiger charge is 2.18. The normalized spacial score (nSPS) is 19.9. The van der Waals surface area contributed by atoms with Gasteiger partial charge in [0.05, 0.1) is 6.54 Å². The van der Waals surface area contributed by atoms with Crippen molar-refractivity contribution in [2.45, 2.75) is 58.4 Å². The van der Waals surface area contributed by atoms with E-state index in [1.165, 1.54) is 25.7 Å². The van der Waals surface area contributed by atoms with Crippen molar-refractivity contribution in [2.24, 2.45) is 5.92 Å². The fourth-order valence-corrected chi connectivity index (χ4v) is 2.04. The molecule has 0 aromatic rings. The molecule has 0 spiro atoms. The maximum absolute atomic E-state index is 11.6. The molecule has 1 aliphatic carbocycles. The molecule has 82 valence electrons. The second kappa shape index (κ2) is 6.18. The quantitative estimate of drug-likeness (QED) is 0.709. The van der Waals surface area contributed by atoms with Crippen molar-refractivity contribution in [1.82, 2.24) is 5.32 Å². The molecule has 1 atom stereocenters. The molecule has 1 aliphatic rings. The van der Waals surface area contributed by atoms with E-state index in [1.807, 2.05) is 0 Å². The molecule has 0 heterocycles. The Morgan fingerprint density at radius 1 is 1.43 bits per heavy atom. The minimum absolute atomic E-state index is 0.400. The predicted molar refractivity (Wildman–Crippen MR) is 59.3 cm³/mol. The first-order valence-electron chi connectivity index (χ1n) is 5.97. The van der Waals surface area contributed by atoms with Crippen LogP contribution in [0.1, 0.15) is 52.4 Å². The van der Waals surface area contributed by atoms with Gasteiger partial charge in [-0.15, -0.1) is 0 Å². The first-order valence-corrected chi connectivity index (χ1v) is 5.97. The Hall–Kier alpha value is -0.370. The van der Waals surface area contributed by atoms with Gasteiger partial charge in [0, 0.05) is 12.5 Å². The third-order valence-corrected chi connectivity index (χ3v) is 3.25. The summed E-state index contributed by atoms with van der Waals surface area (Å²) in [6, 6.07) is 0.475. The number of Topliss-reactive ketones (excluding diaryl/α,β-unsaturated/α-hetero) is 1. The van der Waals surface area contributed by atoms with Gasteiger partial charge in [-0.3, -0.25) is 4.79 Å². The van der Waals surface area contributed by atoms with E-state index >= 15 is 0 Å². The van der Waals surface area contributed by atoms with Crippen LogP contribution in [0.5, 0.6) is 0 Å². The van der Waals surface area contributed by atoms with Crippen molar-refractivity contribution in [2.75, 3.05) is 6.54 Å². The van der Waals surface area contributed by atoms with Gasteiger partial charge in [0.15, 0.2) is 0 Å². The van der Waals surface area contributed by atoms with Gasteiger partial charge >= 0.3 is 0 Å². The largest absolute Gasteiger partial charge is 0.308 e. The summed E-state index contributed by atoms with van der Waals surface area (Å²) in [6.07, 6.45) is 7.11. The number of nitrogens with one attached hydrogen (secondary N) is 1. The average molecular weight is 197 g/mol. The van der Waals surface area contributed by atoms with Crippen molar-refractivity contribution < 1.29 is 4.79 Å². The van der Waals surface area contributed by atoms with Crippen LogP contribution in [-0.2, 0) is 4.79 Å². The minimum atomic E-state index is 0.400. The molecule has 1 N–H and O–H groups in total. The predicted octanol–water partition coefficient (Wildman–Crippen LogP) is 2.52. The lowest BCUT2D eigenvalue weighted by molar-refractivity contribution is -0.119. The highest BCUT2D eigenvalue weighted by Crippen LogP contribution is 2.27. The number of hydrogen-bond acceptors (Lipinski definition) is 2. The molecule has 1 saturated carbocycles. The number of carbonyl (C=O) groups is 1. The number of rotatable bonds is 6. The standard InChI is InChI=1S/C12H23NO/c1-3-10(2)13-9-12(14)8-11-6-4-5-7-11/h10-11,13H,3-9H2,1-2H3. The van der Waals surface area contributed by atoms with Crippen LogP contribution in [-0.4, -0.2) is 18.4 Å². The van der Waals surface area contributed by atoms with Gasteiger partial charge in [-0.05, 0) is 19.3 Å². The molecular formula is C12H23NO. The molecule has 1 unspecified atom stereocenters. The fourth-order valence-electron chi connectivity index (χ4n) is 2.04. The summed E-state index contributed by atoms with van der Waals surface area (Å²) in [4.78, 5) is 11.6. The van der Waals surface area contributed by atoms with E-state index in [-0.39, 0.29) is 0 Å². The zero-order valence-electron chi connectivity index (χ0n) is 9.51. The van der Waals surface area contributed by atoms with Crippen LogP contribution in [0.2, 0.25) is 0 Å². The Morgan fingerprint density at radius 2 is 2.07 bits per heavy atom.